The molecule has 10 atom stereocenters. The number of benzene rings is 1. The van der Waals surface area contributed by atoms with Crippen molar-refractivity contribution in [1.82, 2.24) is 9.38 Å². The SMILES string of the molecule is COC(=O)[C@H]1O[C@@H](OC[C@H]2O[C@@H](Oc3ccc(C(=O)Nc4ccc5nc(C(=O)O)cn5c4)cc3)[C@H](OC(C)=O)[C@@H](OC(C)=O)[C@H]2OC(C)=O)[C@H](OC(C)=O)[C@@H](OC(C)=O)[C@@H]1OC(C)=O. The van der Waals surface area contributed by atoms with E-state index in [0.717, 1.165) is 48.7 Å². The van der Waals surface area contributed by atoms with Crippen LogP contribution in [-0.4, -0.2) is 143 Å². The summed E-state index contributed by atoms with van der Waals surface area (Å²) in [5.74, 6) is -8.49. The van der Waals surface area contributed by atoms with Gasteiger partial charge in [0.1, 0.15) is 17.5 Å². The standard InChI is InChI=1S/C40H43N3O21/c1-17(44)56-29-27(16-55-39-34(60-21(5)48)32(59-20(4)47)31(58-19(3)46)33(64-39)38(53)54-7)63-40(35(61-22(6)49)30(29)57-18(2)45)62-25-11-8-23(9-12-25)36(50)41-24-10-13-28-42-26(37(51)52)15-43(28)14-24/h8-15,27,29-35,39-40H,16H2,1-7H3,(H,41,50)(H,51,52)/t27-,29+,30+,31+,32+,33+,34-,35-,39-,40-/m1/s1. The summed E-state index contributed by atoms with van der Waals surface area (Å²) in [6.45, 7) is 5.33. The third-order valence-electron chi connectivity index (χ3n) is 9.05. The van der Waals surface area contributed by atoms with Crippen LogP contribution in [0, 0.1) is 0 Å². The van der Waals surface area contributed by atoms with Gasteiger partial charge in [0.15, 0.2) is 48.6 Å². The van der Waals surface area contributed by atoms with E-state index in [2.05, 4.69) is 10.3 Å². The fourth-order valence-electron chi connectivity index (χ4n) is 6.68. The van der Waals surface area contributed by atoms with Crippen LogP contribution in [0.1, 0.15) is 62.4 Å². The van der Waals surface area contributed by atoms with Crippen LogP contribution < -0.4 is 10.1 Å². The average molecular weight is 902 g/mol. The fourth-order valence-corrected chi connectivity index (χ4v) is 6.68. The van der Waals surface area contributed by atoms with Gasteiger partial charge >= 0.3 is 47.8 Å². The van der Waals surface area contributed by atoms with E-state index in [-0.39, 0.29) is 17.0 Å². The molecule has 2 fully saturated rings. The lowest BCUT2D eigenvalue weighted by molar-refractivity contribution is -0.323. The minimum Gasteiger partial charge on any atom is -0.476 e. The van der Waals surface area contributed by atoms with Crippen LogP contribution in [-0.2, 0) is 80.9 Å². The minimum absolute atomic E-state index is 0.0131. The Kier molecular flexibility index (Phi) is 15.5. The van der Waals surface area contributed by atoms with E-state index in [1.54, 1.807) is 0 Å². The monoisotopic (exact) mass is 901 g/mol. The van der Waals surface area contributed by atoms with Crippen LogP contribution >= 0.6 is 0 Å². The first-order valence-electron chi connectivity index (χ1n) is 19.1. The number of hydrogen-bond donors (Lipinski definition) is 2. The summed E-state index contributed by atoms with van der Waals surface area (Å²) < 4.78 is 62.9. The molecule has 64 heavy (non-hydrogen) atoms. The lowest BCUT2D eigenvalue weighted by Crippen LogP contribution is -2.65. The van der Waals surface area contributed by atoms with E-state index < -0.39 is 122 Å². The van der Waals surface area contributed by atoms with Crippen LogP contribution in [0.2, 0.25) is 0 Å². The van der Waals surface area contributed by atoms with E-state index >= 15 is 0 Å². The van der Waals surface area contributed by atoms with E-state index in [9.17, 15) is 48.3 Å². The Morgan fingerprint density at radius 2 is 1.16 bits per heavy atom. The molecule has 0 bridgehead atoms. The van der Waals surface area contributed by atoms with E-state index in [0.29, 0.717) is 11.3 Å². The van der Waals surface area contributed by atoms with Crippen molar-refractivity contribution in [3.8, 4) is 5.75 Å². The third kappa shape index (κ3) is 12.0. The van der Waals surface area contributed by atoms with Crippen LogP contribution in [0.5, 0.6) is 5.75 Å². The Morgan fingerprint density at radius 3 is 1.70 bits per heavy atom. The van der Waals surface area contributed by atoms with Gasteiger partial charge in [0, 0.05) is 59.5 Å². The molecular formula is C40H43N3O21. The predicted octanol–water partition coefficient (Wildman–Crippen LogP) is 0.893. The highest BCUT2D eigenvalue weighted by Crippen LogP contribution is 2.34. The quantitative estimate of drug-likeness (QED) is 0.158. The lowest BCUT2D eigenvalue weighted by atomic mass is 9.97. The molecule has 0 aliphatic carbocycles. The summed E-state index contributed by atoms with van der Waals surface area (Å²) in [6.07, 6.45) is -14.2. The van der Waals surface area contributed by atoms with Crippen molar-refractivity contribution in [3.05, 3.63) is 60.0 Å². The Labute approximate surface area is 362 Å². The predicted molar refractivity (Wildman–Crippen MR) is 206 cm³/mol. The van der Waals surface area contributed by atoms with Crippen molar-refractivity contribution in [2.75, 3.05) is 19.0 Å². The zero-order valence-corrected chi connectivity index (χ0v) is 35.1. The topological polar surface area (TPSA) is 305 Å². The van der Waals surface area contributed by atoms with E-state index in [4.69, 9.17) is 52.1 Å². The number of rotatable bonds is 15. The molecule has 2 aromatic heterocycles. The number of methoxy groups -OCH3 is 1. The van der Waals surface area contributed by atoms with Gasteiger partial charge in [-0.3, -0.25) is 33.6 Å². The molecule has 2 N–H and O–H groups in total. The van der Waals surface area contributed by atoms with Crippen LogP contribution in [0.25, 0.3) is 5.65 Å². The molecule has 2 saturated heterocycles. The second kappa shape index (κ2) is 20.8. The van der Waals surface area contributed by atoms with Crippen LogP contribution in [0.3, 0.4) is 0 Å². The fraction of sp³-hybridized carbons (Fsp3) is 0.450. The summed E-state index contributed by atoms with van der Waals surface area (Å²) in [7, 11) is 0.992. The number of aromatic nitrogens is 2. The molecule has 24 nitrogen and oxygen atoms in total. The highest BCUT2D eigenvalue weighted by molar-refractivity contribution is 6.04. The number of aromatic carboxylic acids is 1. The number of fused-ring (bicyclic) bond motifs is 1. The molecule has 0 saturated carbocycles. The van der Waals surface area contributed by atoms with Crippen LogP contribution in [0.15, 0.2) is 48.8 Å². The number of carbonyl (C=O) groups is 9. The maximum atomic E-state index is 13.2. The number of pyridine rings is 1. The van der Waals surface area contributed by atoms with Gasteiger partial charge in [-0.25, -0.2) is 14.6 Å². The molecule has 2 aliphatic rings. The van der Waals surface area contributed by atoms with Crippen molar-refractivity contribution in [2.45, 2.75) is 103 Å². The van der Waals surface area contributed by atoms with Crippen molar-refractivity contribution in [1.29, 1.82) is 0 Å². The zero-order chi connectivity index (χ0) is 47.0. The highest BCUT2D eigenvalue weighted by atomic mass is 16.8. The molecular weight excluding hydrogens is 858 g/mol. The van der Waals surface area contributed by atoms with Crippen molar-refractivity contribution in [2.24, 2.45) is 0 Å². The maximum Gasteiger partial charge on any atom is 0.356 e. The summed E-state index contributed by atoms with van der Waals surface area (Å²) in [5, 5.41) is 11.9. The normalized spacial score (nSPS) is 25.1. The number of nitrogens with one attached hydrogen (secondary N) is 1. The maximum absolute atomic E-state index is 13.2. The number of carboxylic acid groups (broad SMARTS) is 1. The second-order valence-electron chi connectivity index (χ2n) is 14.0. The Hall–Kier alpha value is -7.18. The average Bonchev–Trinajstić information content (AvgIpc) is 3.64. The number of imidazole rings is 1. The van der Waals surface area contributed by atoms with Crippen molar-refractivity contribution < 1.29 is 100 Å². The first kappa shape index (κ1) is 47.9. The smallest absolute Gasteiger partial charge is 0.356 e. The van der Waals surface area contributed by atoms with Gasteiger partial charge in [0.2, 0.25) is 12.4 Å². The largest absolute Gasteiger partial charge is 0.476 e. The molecule has 1 aromatic carbocycles. The molecule has 2 aliphatic heterocycles. The minimum atomic E-state index is -1.84. The number of hydrogen-bond acceptors (Lipinski definition) is 21. The van der Waals surface area contributed by atoms with Gasteiger partial charge in [-0.05, 0) is 36.4 Å². The van der Waals surface area contributed by atoms with Gasteiger partial charge in [0.25, 0.3) is 5.91 Å². The summed E-state index contributed by atoms with van der Waals surface area (Å²) in [6, 6.07) is 8.48. The Morgan fingerprint density at radius 1 is 0.641 bits per heavy atom. The number of amides is 1. The summed E-state index contributed by atoms with van der Waals surface area (Å²) in [5.41, 5.74) is 0.582. The zero-order valence-electron chi connectivity index (χ0n) is 35.1. The van der Waals surface area contributed by atoms with Crippen molar-refractivity contribution in [3.63, 3.8) is 0 Å². The number of carboxylic acids is 1. The number of esters is 7. The molecule has 3 aromatic rings. The molecule has 0 radical (unpaired) electrons. The molecule has 5 rings (SSSR count). The molecule has 344 valence electrons. The third-order valence-corrected chi connectivity index (χ3v) is 9.05. The first-order chi connectivity index (χ1) is 30.2. The van der Waals surface area contributed by atoms with E-state index in [1.165, 1.54) is 53.2 Å². The Bertz CT molecular complexity index is 2280. The molecule has 0 spiro atoms. The van der Waals surface area contributed by atoms with Gasteiger partial charge in [-0.1, -0.05) is 0 Å². The second-order valence-corrected chi connectivity index (χ2v) is 14.0. The number of anilines is 1. The number of ether oxygens (including phenoxy) is 11. The molecule has 24 heteroatoms. The van der Waals surface area contributed by atoms with Gasteiger partial charge in [-0.2, -0.15) is 0 Å². The molecule has 1 amide bonds. The lowest BCUT2D eigenvalue weighted by Gasteiger charge is -2.45. The summed E-state index contributed by atoms with van der Waals surface area (Å²) in [4.78, 5) is 116. The first-order valence-corrected chi connectivity index (χ1v) is 19.1. The van der Waals surface area contributed by atoms with E-state index in [1.807, 2.05) is 0 Å². The van der Waals surface area contributed by atoms with Gasteiger partial charge in [-0.15, -0.1) is 0 Å². The highest BCUT2D eigenvalue weighted by Gasteiger charge is 2.57. The number of nitrogens with zero attached hydrogens (tertiary/aromatic N) is 2. The van der Waals surface area contributed by atoms with Gasteiger partial charge < -0.3 is 66.9 Å². The van der Waals surface area contributed by atoms with Crippen LogP contribution in [0.4, 0.5) is 5.69 Å². The summed E-state index contributed by atoms with van der Waals surface area (Å²) >= 11 is 0. The van der Waals surface area contributed by atoms with Gasteiger partial charge in [0.05, 0.1) is 19.4 Å². The Balaban J connectivity index is 1.44. The molecule has 4 heterocycles. The number of carbonyl (C=O) groups excluding carboxylic acids is 8. The molecule has 0 unspecified atom stereocenters. The van der Waals surface area contributed by atoms with Crippen molar-refractivity contribution >= 4 is 65.0 Å².